The van der Waals surface area contributed by atoms with Gasteiger partial charge in [0.05, 0.1) is 0 Å². The summed E-state index contributed by atoms with van der Waals surface area (Å²) in [6, 6.07) is 14.5. The Kier molecular flexibility index (Phi) is 3.28. The highest BCUT2D eigenvalue weighted by Gasteiger charge is 2.12. The Morgan fingerprint density at radius 3 is 2.76 bits per heavy atom. The van der Waals surface area contributed by atoms with Gasteiger partial charge in [-0.15, -0.1) is 0 Å². The van der Waals surface area contributed by atoms with Gasteiger partial charge < -0.3 is 10.4 Å². The zero-order chi connectivity index (χ0) is 14.8. The number of aryl methyl sites for hydroxylation is 1. The monoisotopic (exact) mass is 278 g/mol. The van der Waals surface area contributed by atoms with E-state index in [9.17, 15) is 9.90 Å². The van der Waals surface area contributed by atoms with E-state index in [0.717, 1.165) is 16.3 Å². The number of pyridine rings is 1. The lowest BCUT2D eigenvalue weighted by Crippen LogP contribution is -2.14. The number of anilines is 1. The molecule has 0 radical (unpaired) electrons. The van der Waals surface area contributed by atoms with Crippen LogP contribution in [0.25, 0.3) is 10.8 Å². The van der Waals surface area contributed by atoms with Crippen LogP contribution in [0.4, 0.5) is 5.69 Å². The van der Waals surface area contributed by atoms with E-state index < -0.39 is 0 Å². The Balaban J connectivity index is 1.95. The molecule has 0 bridgehead atoms. The van der Waals surface area contributed by atoms with E-state index >= 15 is 0 Å². The number of carbonyl (C=O) groups excluding carboxylic acids is 1. The molecule has 2 aromatic carbocycles. The number of amides is 1. The maximum atomic E-state index is 12.4. The number of nitrogens with one attached hydrogen (secondary N) is 1. The van der Waals surface area contributed by atoms with Crippen LogP contribution in [0.15, 0.2) is 54.7 Å². The summed E-state index contributed by atoms with van der Waals surface area (Å²) in [5.74, 6) is -0.145. The van der Waals surface area contributed by atoms with Crippen LogP contribution in [0.5, 0.6) is 5.75 Å². The molecule has 0 saturated heterocycles. The standard InChI is InChI=1S/C17H14N2O2/c1-11-6-7-13(10-15(11)20)19-17(21)16-14-5-3-2-4-12(14)8-9-18-16/h2-10,20H,1H3,(H,19,21). The molecule has 0 fully saturated rings. The maximum Gasteiger partial charge on any atom is 0.274 e. The van der Waals surface area contributed by atoms with Crippen molar-refractivity contribution in [3.8, 4) is 5.75 Å². The highest BCUT2D eigenvalue weighted by atomic mass is 16.3. The van der Waals surface area contributed by atoms with Gasteiger partial charge in [-0.05, 0) is 30.0 Å². The number of rotatable bonds is 2. The van der Waals surface area contributed by atoms with E-state index in [0.29, 0.717) is 11.4 Å². The van der Waals surface area contributed by atoms with E-state index in [-0.39, 0.29) is 11.7 Å². The highest BCUT2D eigenvalue weighted by molar-refractivity contribution is 6.11. The number of aromatic hydroxyl groups is 1. The van der Waals surface area contributed by atoms with Gasteiger partial charge in [-0.3, -0.25) is 9.78 Å². The third-order valence-electron chi connectivity index (χ3n) is 3.36. The summed E-state index contributed by atoms with van der Waals surface area (Å²) >= 11 is 0. The van der Waals surface area contributed by atoms with Crippen molar-refractivity contribution in [3.05, 3.63) is 66.0 Å². The first-order chi connectivity index (χ1) is 10.1. The van der Waals surface area contributed by atoms with E-state index in [1.54, 1.807) is 25.3 Å². The Morgan fingerprint density at radius 1 is 1.14 bits per heavy atom. The Hall–Kier alpha value is -2.88. The quantitative estimate of drug-likeness (QED) is 0.754. The molecule has 0 spiro atoms. The van der Waals surface area contributed by atoms with Crippen molar-refractivity contribution in [1.29, 1.82) is 0 Å². The first kappa shape index (κ1) is 13.1. The Morgan fingerprint density at radius 2 is 1.95 bits per heavy atom. The molecule has 0 unspecified atom stereocenters. The van der Waals surface area contributed by atoms with Gasteiger partial charge in [0.15, 0.2) is 0 Å². The molecule has 2 N–H and O–H groups in total. The molecular formula is C17H14N2O2. The van der Waals surface area contributed by atoms with Gasteiger partial charge in [-0.25, -0.2) is 0 Å². The molecule has 1 amide bonds. The third-order valence-corrected chi connectivity index (χ3v) is 3.36. The maximum absolute atomic E-state index is 12.4. The van der Waals surface area contributed by atoms with Crippen molar-refractivity contribution in [3.63, 3.8) is 0 Å². The predicted octanol–water partition coefficient (Wildman–Crippen LogP) is 3.50. The second kappa shape index (κ2) is 5.25. The fourth-order valence-electron chi connectivity index (χ4n) is 2.18. The van der Waals surface area contributed by atoms with Crippen molar-refractivity contribution < 1.29 is 9.90 Å². The summed E-state index contributed by atoms with van der Waals surface area (Å²) in [6.45, 7) is 1.80. The Labute approximate surface area is 122 Å². The molecule has 1 aromatic heterocycles. The average molecular weight is 278 g/mol. The van der Waals surface area contributed by atoms with Gasteiger partial charge in [0.25, 0.3) is 5.91 Å². The highest BCUT2D eigenvalue weighted by Crippen LogP contribution is 2.22. The van der Waals surface area contributed by atoms with Crippen molar-refractivity contribution in [2.24, 2.45) is 0 Å². The molecule has 4 heteroatoms. The van der Waals surface area contributed by atoms with Crippen molar-refractivity contribution in [2.75, 3.05) is 5.32 Å². The van der Waals surface area contributed by atoms with Gasteiger partial charge in [-0.2, -0.15) is 0 Å². The fourth-order valence-corrected chi connectivity index (χ4v) is 2.18. The molecule has 1 heterocycles. The fraction of sp³-hybridized carbons (Fsp3) is 0.0588. The molecule has 21 heavy (non-hydrogen) atoms. The van der Waals surface area contributed by atoms with Crippen LogP contribution in [0.3, 0.4) is 0 Å². The lowest BCUT2D eigenvalue weighted by Gasteiger charge is -2.08. The van der Waals surface area contributed by atoms with Crippen LogP contribution in [0.1, 0.15) is 16.1 Å². The summed E-state index contributed by atoms with van der Waals surface area (Å²) in [7, 11) is 0. The number of phenolic OH excluding ortho intramolecular Hbond substituents is 1. The van der Waals surface area contributed by atoms with Gasteiger partial charge in [-0.1, -0.05) is 30.3 Å². The summed E-state index contributed by atoms with van der Waals surface area (Å²) in [6.07, 6.45) is 1.61. The van der Waals surface area contributed by atoms with Crippen LogP contribution in [0, 0.1) is 6.92 Å². The van der Waals surface area contributed by atoms with Gasteiger partial charge >= 0.3 is 0 Å². The SMILES string of the molecule is Cc1ccc(NC(=O)c2nccc3ccccc23)cc1O. The number of carbonyl (C=O) groups is 1. The molecule has 0 atom stereocenters. The van der Waals surface area contributed by atoms with Crippen molar-refractivity contribution in [1.82, 2.24) is 4.98 Å². The minimum atomic E-state index is -0.296. The lowest BCUT2D eigenvalue weighted by atomic mass is 10.1. The van der Waals surface area contributed by atoms with Crippen LogP contribution in [-0.2, 0) is 0 Å². The number of fused-ring (bicyclic) bond motifs is 1. The largest absolute Gasteiger partial charge is 0.508 e. The summed E-state index contributed by atoms with van der Waals surface area (Å²) < 4.78 is 0. The number of phenols is 1. The summed E-state index contributed by atoms with van der Waals surface area (Å²) in [5, 5.41) is 14.2. The van der Waals surface area contributed by atoms with Gasteiger partial charge in [0.2, 0.25) is 0 Å². The summed E-state index contributed by atoms with van der Waals surface area (Å²) in [5.41, 5.74) is 1.67. The number of hydrogen-bond acceptors (Lipinski definition) is 3. The zero-order valence-electron chi connectivity index (χ0n) is 11.5. The predicted molar refractivity (Wildman–Crippen MR) is 82.5 cm³/mol. The molecule has 0 saturated carbocycles. The molecular weight excluding hydrogens is 264 g/mol. The molecule has 0 aliphatic rings. The first-order valence-corrected chi connectivity index (χ1v) is 6.60. The molecule has 104 valence electrons. The van der Waals surface area contributed by atoms with Crippen LogP contribution < -0.4 is 5.32 Å². The number of aromatic nitrogens is 1. The second-order valence-electron chi connectivity index (χ2n) is 4.84. The molecule has 0 aliphatic heterocycles. The lowest BCUT2D eigenvalue weighted by molar-refractivity contribution is 0.102. The zero-order valence-corrected chi connectivity index (χ0v) is 11.5. The molecule has 3 rings (SSSR count). The molecule has 4 nitrogen and oxygen atoms in total. The molecule has 0 aliphatic carbocycles. The van der Waals surface area contributed by atoms with E-state index in [1.165, 1.54) is 6.07 Å². The van der Waals surface area contributed by atoms with E-state index in [1.807, 2.05) is 30.3 Å². The summed E-state index contributed by atoms with van der Waals surface area (Å²) in [4.78, 5) is 16.5. The van der Waals surface area contributed by atoms with Crippen LogP contribution in [0.2, 0.25) is 0 Å². The van der Waals surface area contributed by atoms with Gasteiger partial charge in [0.1, 0.15) is 11.4 Å². The van der Waals surface area contributed by atoms with Crippen molar-refractivity contribution >= 4 is 22.4 Å². The second-order valence-corrected chi connectivity index (χ2v) is 4.84. The minimum Gasteiger partial charge on any atom is -0.508 e. The van der Waals surface area contributed by atoms with Crippen LogP contribution in [-0.4, -0.2) is 16.0 Å². The normalized spacial score (nSPS) is 10.5. The average Bonchev–Trinajstić information content (AvgIpc) is 2.50. The minimum absolute atomic E-state index is 0.152. The van der Waals surface area contributed by atoms with Crippen LogP contribution >= 0.6 is 0 Å². The third kappa shape index (κ3) is 2.56. The number of benzene rings is 2. The first-order valence-electron chi connectivity index (χ1n) is 6.60. The topological polar surface area (TPSA) is 62.2 Å². The van der Waals surface area contributed by atoms with E-state index in [4.69, 9.17) is 0 Å². The van der Waals surface area contributed by atoms with E-state index in [2.05, 4.69) is 10.3 Å². The Bertz CT molecular complexity index is 823. The molecule has 3 aromatic rings. The van der Waals surface area contributed by atoms with Crippen molar-refractivity contribution in [2.45, 2.75) is 6.92 Å². The smallest absolute Gasteiger partial charge is 0.274 e. The number of hydrogen-bond donors (Lipinski definition) is 2. The number of nitrogens with zero attached hydrogens (tertiary/aromatic N) is 1. The van der Waals surface area contributed by atoms with Gasteiger partial charge in [0, 0.05) is 23.3 Å².